The number of nitrogens with two attached hydrogens (primary N) is 1. The average molecular weight is 253 g/mol. The predicted molar refractivity (Wildman–Crippen MR) is 69.3 cm³/mol. The molecule has 1 aliphatic heterocycles. The number of carbonyl (C=O) groups is 1. The molecule has 1 atom stereocenters. The van der Waals surface area contributed by atoms with Crippen LogP contribution in [-0.4, -0.2) is 35.4 Å². The monoisotopic (exact) mass is 253 g/mol. The van der Waals surface area contributed by atoms with E-state index in [1.165, 1.54) is 0 Å². The van der Waals surface area contributed by atoms with E-state index in [0.717, 1.165) is 24.5 Å². The molecule has 2 N–H and O–H groups in total. The summed E-state index contributed by atoms with van der Waals surface area (Å²) < 4.78 is 0. The van der Waals surface area contributed by atoms with Crippen LogP contribution in [-0.2, 0) is 0 Å². The van der Waals surface area contributed by atoms with Crippen molar-refractivity contribution in [3.63, 3.8) is 0 Å². The van der Waals surface area contributed by atoms with Crippen LogP contribution in [0.3, 0.4) is 0 Å². The summed E-state index contributed by atoms with van der Waals surface area (Å²) in [7, 11) is 0. The zero-order chi connectivity index (χ0) is 12.4. The maximum atomic E-state index is 12.2. The summed E-state index contributed by atoms with van der Waals surface area (Å²) in [6, 6.07) is 0. The Morgan fingerprint density at radius 2 is 2.47 bits per heavy atom. The second-order valence-electron chi connectivity index (χ2n) is 4.87. The van der Waals surface area contributed by atoms with Crippen molar-refractivity contribution in [1.82, 2.24) is 9.88 Å². The van der Waals surface area contributed by atoms with E-state index in [-0.39, 0.29) is 5.91 Å². The molecule has 1 saturated heterocycles. The van der Waals surface area contributed by atoms with Crippen LogP contribution >= 0.6 is 11.3 Å². The van der Waals surface area contributed by atoms with Crippen LogP contribution in [0.2, 0.25) is 0 Å². The number of rotatable bonds is 3. The lowest BCUT2D eigenvalue weighted by atomic mass is 10.1. The summed E-state index contributed by atoms with van der Waals surface area (Å²) in [5.41, 5.74) is 6.22. The third-order valence-corrected chi connectivity index (χ3v) is 4.29. The number of likely N-dealkylation sites (tertiary alicyclic amines) is 1. The molecule has 5 heteroatoms. The van der Waals surface area contributed by atoms with E-state index < -0.39 is 0 Å². The van der Waals surface area contributed by atoms with E-state index in [4.69, 9.17) is 5.73 Å². The Bertz CT molecular complexity index is 402. The van der Waals surface area contributed by atoms with Gasteiger partial charge in [0.15, 0.2) is 0 Å². The van der Waals surface area contributed by atoms with Crippen molar-refractivity contribution >= 4 is 17.2 Å². The molecule has 1 unspecified atom stereocenters. The summed E-state index contributed by atoms with van der Waals surface area (Å²) >= 11 is 1.57. The van der Waals surface area contributed by atoms with Crippen molar-refractivity contribution in [3.05, 3.63) is 16.1 Å². The molecule has 4 nitrogen and oxygen atoms in total. The van der Waals surface area contributed by atoms with E-state index >= 15 is 0 Å². The summed E-state index contributed by atoms with van der Waals surface area (Å²) in [4.78, 5) is 18.4. The van der Waals surface area contributed by atoms with Crippen LogP contribution in [0, 0.1) is 5.92 Å². The number of thiazole rings is 1. The largest absolute Gasteiger partial charge is 0.337 e. The van der Waals surface area contributed by atoms with Gasteiger partial charge >= 0.3 is 0 Å². The average Bonchev–Trinajstić information content (AvgIpc) is 2.97. The molecule has 1 amide bonds. The molecular formula is C12H19N3OS. The van der Waals surface area contributed by atoms with Gasteiger partial charge in [0.1, 0.15) is 5.69 Å². The van der Waals surface area contributed by atoms with Gasteiger partial charge in [-0.1, -0.05) is 13.8 Å². The van der Waals surface area contributed by atoms with Crippen LogP contribution in [0.15, 0.2) is 5.38 Å². The van der Waals surface area contributed by atoms with Gasteiger partial charge in [-0.2, -0.15) is 0 Å². The summed E-state index contributed by atoms with van der Waals surface area (Å²) in [5.74, 6) is 0.906. The molecule has 1 aromatic heterocycles. The van der Waals surface area contributed by atoms with Crippen molar-refractivity contribution in [2.45, 2.75) is 26.2 Å². The second-order valence-corrected chi connectivity index (χ2v) is 5.76. The Kier molecular flexibility index (Phi) is 3.79. The fourth-order valence-corrected chi connectivity index (χ4v) is 2.83. The summed E-state index contributed by atoms with van der Waals surface area (Å²) in [6.07, 6.45) is 1.02. The summed E-state index contributed by atoms with van der Waals surface area (Å²) in [6.45, 7) is 6.44. The molecule has 94 valence electrons. The first-order valence-corrected chi connectivity index (χ1v) is 6.94. The number of hydrogen-bond donors (Lipinski definition) is 1. The van der Waals surface area contributed by atoms with Crippen LogP contribution in [0.4, 0.5) is 0 Å². The molecular weight excluding hydrogens is 234 g/mol. The normalized spacial score (nSPS) is 20.2. The number of amides is 1. The van der Waals surface area contributed by atoms with Gasteiger partial charge in [-0.15, -0.1) is 11.3 Å². The SMILES string of the molecule is CC(C)c1nc(C(=O)N2CCC(CN)C2)cs1. The molecule has 1 aromatic rings. The van der Waals surface area contributed by atoms with Gasteiger partial charge in [-0.3, -0.25) is 4.79 Å². The molecule has 17 heavy (non-hydrogen) atoms. The van der Waals surface area contributed by atoms with E-state index in [9.17, 15) is 4.79 Å². The third kappa shape index (κ3) is 2.66. The highest BCUT2D eigenvalue weighted by molar-refractivity contribution is 7.09. The first-order valence-electron chi connectivity index (χ1n) is 6.06. The first kappa shape index (κ1) is 12.5. The smallest absolute Gasteiger partial charge is 0.273 e. The Balaban J connectivity index is 2.04. The highest BCUT2D eigenvalue weighted by Crippen LogP contribution is 2.22. The minimum absolute atomic E-state index is 0.0594. The number of carbonyl (C=O) groups excluding carboxylic acids is 1. The molecule has 2 rings (SSSR count). The van der Waals surface area contributed by atoms with E-state index in [2.05, 4.69) is 18.8 Å². The van der Waals surface area contributed by atoms with Crippen LogP contribution in [0.1, 0.15) is 41.7 Å². The lowest BCUT2D eigenvalue weighted by Gasteiger charge is -2.14. The minimum Gasteiger partial charge on any atom is -0.337 e. The maximum Gasteiger partial charge on any atom is 0.273 e. The Hall–Kier alpha value is -0.940. The zero-order valence-electron chi connectivity index (χ0n) is 10.3. The van der Waals surface area contributed by atoms with Crippen molar-refractivity contribution in [2.75, 3.05) is 19.6 Å². The van der Waals surface area contributed by atoms with Crippen LogP contribution in [0.25, 0.3) is 0 Å². The van der Waals surface area contributed by atoms with E-state index in [1.54, 1.807) is 11.3 Å². The molecule has 0 aromatic carbocycles. The van der Waals surface area contributed by atoms with Crippen molar-refractivity contribution in [1.29, 1.82) is 0 Å². The highest BCUT2D eigenvalue weighted by atomic mass is 32.1. The van der Waals surface area contributed by atoms with Crippen LogP contribution < -0.4 is 5.73 Å². The minimum atomic E-state index is 0.0594. The molecule has 0 aliphatic carbocycles. The highest BCUT2D eigenvalue weighted by Gasteiger charge is 2.27. The maximum absolute atomic E-state index is 12.2. The molecule has 1 fully saturated rings. The number of nitrogens with zero attached hydrogens (tertiary/aromatic N) is 2. The fraction of sp³-hybridized carbons (Fsp3) is 0.667. The lowest BCUT2D eigenvalue weighted by molar-refractivity contribution is 0.0782. The standard InChI is InChI=1S/C12H19N3OS/c1-8(2)11-14-10(7-17-11)12(16)15-4-3-9(5-13)6-15/h7-9H,3-6,13H2,1-2H3. The van der Waals surface area contributed by atoms with Crippen molar-refractivity contribution in [2.24, 2.45) is 11.7 Å². The molecule has 0 saturated carbocycles. The quantitative estimate of drug-likeness (QED) is 0.891. The van der Waals surface area contributed by atoms with E-state index in [1.807, 2.05) is 10.3 Å². The van der Waals surface area contributed by atoms with Gasteiger partial charge in [0, 0.05) is 24.4 Å². The zero-order valence-corrected chi connectivity index (χ0v) is 11.2. The molecule has 1 aliphatic rings. The molecule has 2 heterocycles. The summed E-state index contributed by atoms with van der Waals surface area (Å²) in [5, 5.41) is 2.90. The third-order valence-electron chi connectivity index (χ3n) is 3.14. The van der Waals surface area contributed by atoms with Gasteiger partial charge in [-0.05, 0) is 18.9 Å². The Labute approximate surface area is 106 Å². The predicted octanol–water partition coefficient (Wildman–Crippen LogP) is 1.69. The van der Waals surface area contributed by atoms with Crippen molar-refractivity contribution in [3.8, 4) is 0 Å². The molecule has 0 bridgehead atoms. The molecule has 0 radical (unpaired) electrons. The van der Waals surface area contributed by atoms with Gasteiger partial charge in [-0.25, -0.2) is 4.98 Å². The first-order chi connectivity index (χ1) is 8.11. The van der Waals surface area contributed by atoms with Gasteiger partial charge in [0.2, 0.25) is 0 Å². The number of aromatic nitrogens is 1. The fourth-order valence-electron chi connectivity index (χ4n) is 2.02. The van der Waals surface area contributed by atoms with Crippen LogP contribution in [0.5, 0.6) is 0 Å². The van der Waals surface area contributed by atoms with E-state index in [0.29, 0.717) is 24.1 Å². The van der Waals surface area contributed by atoms with Gasteiger partial charge in [0.25, 0.3) is 5.91 Å². The molecule has 0 spiro atoms. The second kappa shape index (κ2) is 5.14. The van der Waals surface area contributed by atoms with Crippen molar-refractivity contribution < 1.29 is 4.79 Å². The van der Waals surface area contributed by atoms with Gasteiger partial charge in [0.05, 0.1) is 5.01 Å². The number of hydrogen-bond acceptors (Lipinski definition) is 4. The van der Waals surface area contributed by atoms with Gasteiger partial charge < -0.3 is 10.6 Å². The topological polar surface area (TPSA) is 59.2 Å². The lowest BCUT2D eigenvalue weighted by Crippen LogP contribution is -2.30. The Morgan fingerprint density at radius 1 is 1.71 bits per heavy atom. The Morgan fingerprint density at radius 3 is 3.00 bits per heavy atom.